The van der Waals surface area contributed by atoms with Crippen LogP contribution in [0.4, 0.5) is 0 Å². The lowest BCUT2D eigenvalue weighted by atomic mass is 10.1. The summed E-state index contributed by atoms with van der Waals surface area (Å²) in [6.07, 6.45) is 8.23. The number of nitrogens with one attached hydrogen (secondary N) is 2. The number of aryl methyl sites for hydroxylation is 2. The first-order valence-electron chi connectivity index (χ1n) is 10.3. The monoisotopic (exact) mass is 512 g/mol. The highest BCUT2D eigenvalue weighted by Crippen LogP contribution is 2.30. The number of aromatic nitrogens is 3. The molecule has 3 rings (SSSR count). The molecule has 0 saturated heterocycles. The predicted octanol–water partition coefficient (Wildman–Crippen LogP) is 3.53. The van der Waals surface area contributed by atoms with Crippen LogP contribution in [0.1, 0.15) is 43.7 Å². The van der Waals surface area contributed by atoms with Crippen LogP contribution in [0, 0.1) is 12.8 Å². The van der Waals surface area contributed by atoms with E-state index in [0.29, 0.717) is 6.54 Å². The van der Waals surface area contributed by atoms with Crippen molar-refractivity contribution >= 4 is 29.9 Å². The smallest absolute Gasteiger partial charge is 0.191 e. The van der Waals surface area contributed by atoms with Crippen molar-refractivity contribution in [1.29, 1.82) is 0 Å². The number of hydrogen-bond donors (Lipinski definition) is 2. The highest BCUT2D eigenvalue weighted by Gasteiger charge is 2.22. The van der Waals surface area contributed by atoms with E-state index in [2.05, 4.69) is 52.9 Å². The molecule has 7 nitrogen and oxygen atoms in total. The Hall–Kier alpha value is -1.84. The number of rotatable bonds is 11. The van der Waals surface area contributed by atoms with E-state index < -0.39 is 0 Å². The molecule has 1 aromatic heterocycles. The molecule has 0 atom stereocenters. The van der Waals surface area contributed by atoms with Crippen molar-refractivity contribution in [2.75, 3.05) is 19.7 Å². The van der Waals surface area contributed by atoms with Gasteiger partial charge in [-0.1, -0.05) is 12.1 Å². The van der Waals surface area contributed by atoms with Gasteiger partial charge in [0.05, 0.1) is 13.2 Å². The normalized spacial score (nSPS) is 13.7. The van der Waals surface area contributed by atoms with Gasteiger partial charge in [0.2, 0.25) is 0 Å². The van der Waals surface area contributed by atoms with E-state index in [4.69, 9.17) is 9.73 Å². The molecule has 8 heteroatoms. The zero-order valence-electron chi connectivity index (χ0n) is 17.4. The lowest BCUT2D eigenvalue weighted by Gasteiger charge is -2.13. The Bertz CT molecular complexity index is 746. The molecule has 1 aromatic carbocycles. The van der Waals surface area contributed by atoms with E-state index >= 15 is 0 Å². The van der Waals surface area contributed by atoms with Crippen LogP contribution in [0.15, 0.2) is 35.8 Å². The molecule has 160 valence electrons. The van der Waals surface area contributed by atoms with Crippen LogP contribution < -0.4 is 15.4 Å². The zero-order chi connectivity index (χ0) is 19.6. The van der Waals surface area contributed by atoms with Gasteiger partial charge in [-0.3, -0.25) is 0 Å². The number of benzene rings is 1. The van der Waals surface area contributed by atoms with E-state index in [1.54, 1.807) is 12.7 Å². The molecule has 2 aromatic rings. The summed E-state index contributed by atoms with van der Waals surface area (Å²) < 4.78 is 8.06. The van der Waals surface area contributed by atoms with Gasteiger partial charge in [-0.15, -0.1) is 34.2 Å². The highest BCUT2D eigenvalue weighted by molar-refractivity contribution is 14.0. The maximum Gasteiger partial charge on any atom is 0.191 e. The van der Waals surface area contributed by atoms with Crippen LogP contribution in [-0.4, -0.2) is 40.4 Å². The molecular formula is C21H33IN6O. The lowest BCUT2D eigenvalue weighted by molar-refractivity contribution is 0.296. The first-order valence-corrected chi connectivity index (χ1v) is 10.3. The molecule has 1 saturated carbocycles. The Morgan fingerprint density at radius 1 is 1.21 bits per heavy atom. The lowest BCUT2D eigenvalue weighted by Crippen LogP contribution is -2.37. The van der Waals surface area contributed by atoms with Crippen molar-refractivity contribution in [3.63, 3.8) is 0 Å². The molecule has 29 heavy (non-hydrogen) atoms. The topological polar surface area (TPSA) is 76.4 Å². The standard InChI is InChI=1S/C21H32N6O.HI/c1-3-22-21(23-10-4-5-11-27-15-25-26-16-27)24-13-19-9-6-17(2)12-20(19)28-14-18-7-8-18;/h6,9,12,15-16,18H,3-5,7-8,10-11,13-14H2,1-2H3,(H2,22,23,24);1H. The molecule has 1 aliphatic rings. The molecule has 0 radical (unpaired) electrons. The van der Waals surface area contributed by atoms with E-state index in [1.165, 1.54) is 18.4 Å². The second-order valence-electron chi connectivity index (χ2n) is 7.39. The van der Waals surface area contributed by atoms with Crippen LogP contribution in [-0.2, 0) is 13.1 Å². The third-order valence-electron chi connectivity index (χ3n) is 4.75. The van der Waals surface area contributed by atoms with Gasteiger partial charge in [0.15, 0.2) is 5.96 Å². The summed E-state index contributed by atoms with van der Waals surface area (Å²) >= 11 is 0. The minimum absolute atomic E-state index is 0. The summed E-state index contributed by atoms with van der Waals surface area (Å²) in [6.45, 7) is 8.27. The molecule has 0 aliphatic heterocycles. The molecule has 0 unspecified atom stereocenters. The molecule has 1 heterocycles. The maximum absolute atomic E-state index is 6.06. The highest BCUT2D eigenvalue weighted by atomic mass is 127. The second kappa shape index (κ2) is 12.7. The van der Waals surface area contributed by atoms with Crippen molar-refractivity contribution in [2.45, 2.75) is 52.6 Å². The predicted molar refractivity (Wildman–Crippen MR) is 127 cm³/mol. The fraction of sp³-hybridized carbons (Fsp3) is 0.571. The van der Waals surface area contributed by atoms with Gasteiger partial charge in [0.25, 0.3) is 0 Å². The Labute approximate surface area is 190 Å². The Morgan fingerprint density at radius 2 is 2.00 bits per heavy atom. The largest absolute Gasteiger partial charge is 0.493 e. The quantitative estimate of drug-likeness (QED) is 0.209. The fourth-order valence-electron chi connectivity index (χ4n) is 2.89. The van der Waals surface area contributed by atoms with Crippen LogP contribution in [0.25, 0.3) is 0 Å². The summed E-state index contributed by atoms with van der Waals surface area (Å²) in [4.78, 5) is 4.75. The van der Waals surface area contributed by atoms with Crippen molar-refractivity contribution in [3.8, 4) is 5.75 Å². The second-order valence-corrected chi connectivity index (χ2v) is 7.39. The summed E-state index contributed by atoms with van der Waals surface area (Å²) in [5.74, 6) is 2.56. The number of nitrogens with zero attached hydrogens (tertiary/aromatic N) is 4. The Balaban J connectivity index is 0.00000300. The molecule has 2 N–H and O–H groups in total. The SMILES string of the molecule is CCNC(=NCc1ccc(C)cc1OCC1CC1)NCCCCn1cnnc1.I. The maximum atomic E-state index is 6.06. The van der Waals surface area contributed by atoms with Gasteiger partial charge in [-0.05, 0) is 57.1 Å². The summed E-state index contributed by atoms with van der Waals surface area (Å²) in [6, 6.07) is 6.38. The van der Waals surface area contributed by atoms with Crippen molar-refractivity contribution in [2.24, 2.45) is 10.9 Å². The van der Waals surface area contributed by atoms with Gasteiger partial charge in [-0.2, -0.15) is 0 Å². The zero-order valence-corrected chi connectivity index (χ0v) is 19.8. The molecule has 1 aliphatic carbocycles. The van der Waals surface area contributed by atoms with E-state index in [9.17, 15) is 0 Å². The van der Waals surface area contributed by atoms with Gasteiger partial charge < -0.3 is 19.9 Å². The van der Waals surface area contributed by atoms with Gasteiger partial charge in [0.1, 0.15) is 18.4 Å². The Morgan fingerprint density at radius 3 is 2.72 bits per heavy atom. The van der Waals surface area contributed by atoms with Crippen LogP contribution in [0.2, 0.25) is 0 Å². The van der Waals surface area contributed by atoms with Crippen LogP contribution in [0.5, 0.6) is 5.75 Å². The number of halogens is 1. The average Bonchev–Trinajstić information content (AvgIpc) is 3.38. The number of hydrogen-bond acceptors (Lipinski definition) is 4. The Kier molecular flexibility index (Phi) is 10.2. The fourth-order valence-corrected chi connectivity index (χ4v) is 2.89. The molecule has 0 spiro atoms. The minimum Gasteiger partial charge on any atom is -0.493 e. The number of ether oxygens (including phenoxy) is 1. The summed E-state index contributed by atoms with van der Waals surface area (Å²) in [5.41, 5.74) is 2.35. The van der Waals surface area contributed by atoms with E-state index in [1.807, 2.05) is 4.57 Å². The number of aliphatic imine (C=N–C) groups is 1. The number of guanidine groups is 1. The minimum atomic E-state index is 0. The first kappa shape index (κ1) is 23.4. The van der Waals surface area contributed by atoms with Crippen LogP contribution in [0.3, 0.4) is 0 Å². The van der Waals surface area contributed by atoms with Gasteiger partial charge in [0, 0.05) is 25.2 Å². The van der Waals surface area contributed by atoms with E-state index in [-0.39, 0.29) is 24.0 Å². The van der Waals surface area contributed by atoms with Crippen molar-refractivity contribution < 1.29 is 4.74 Å². The average molecular weight is 512 g/mol. The third kappa shape index (κ3) is 8.59. The molecular weight excluding hydrogens is 479 g/mol. The summed E-state index contributed by atoms with van der Waals surface area (Å²) in [7, 11) is 0. The summed E-state index contributed by atoms with van der Waals surface area (Å²) in [5, 5.41) is 14.4. The van der Waals surface area contributed by atoms with Crippen LogP contribution >= 0.6 is 24.0 Å². The molecule has 1 fully saturated rings. The molecule has 0 amide bonds. The third-order valence-corrected chi connectivity index (χ3v) is 4.75. The van der Waals surface area contributed by atoms with Crippen molar-refractivity contribution in [1.82, 2.24) is 25.4 Å². The molecule has 0 bridgehead atoms. The number of unbranched alkanes of at least 4 members (excludes halogenated alkanes) is 1. The first-order chi connectivity index (χ1) is 13.7. The van der Waals surface area contributed by atoms with E-state index in [0.717, 1.165) is 62.3 Å². The van der Waals surface area contributed by atoms with Crippen molar-refractivity contribution in [3.05, 3.63) is 42.0 Å². The van der Waals surface area contributed by atoms with Gasteiger partial charge >= 0.3 is 0 Å². The van der Waals surface area contributed by atoms with Gasteiger partial charge in [-0.25, -0.2) is 4.99 Å².